The molecule has 4 nitrogen and oxygen atoms in total. The molecule has 0 radical (unpaired) electrons. The summed E-state index contributed by atoms with van der Waals surface area (Å²) in [4.78, 5) is 5.91. The van der Waals surface area contributed by atoms with Crippen molar-refractivity contribution in [1.29, 1.82) is 0 Å². The van der Waals surface area contributed by atoms with Crippen LogP contribution in [0.2, 0.25) is 5.02 Å². The third-order valence-electron chi connectivity index (χ3n) is 2.83. The van der Waals surface area contributed by atoms with E-state index < -0.39 is 5.82 Å². The van der Waals surface area contributed by atoms with Crippen LogP contribution in [0.1, 0.15) is 13.8 Å². The molecule has 0 spiro atoms. The molecule has 1 unspecified atom stereocenters. The number of rotatable bonds is 2. The van der Waals surface area contributed by atoms with Crippen LogP contribution in [0.15, 0.2) is 12.3 Å². The van der Waals surface area contributed by atoms with Crippen molar-refractivity contribution in [2.75, 3.05) is 24.5 Å². The van der Waals surface area contributed by atoms with Gasteiger partial charge in [-0.05, 0) is 19.9 Å². The van der Waals surface area contributed by atoms with Gasteiger partial charge in [0.15, 0.2) is 11.6 Å². The van der Waals surface area contributed by atoms with Gasteiger partial charge in [0, 0.05) is 25.8 Å². The Morgan fingerprint density at radius 1 is 1.67 bits per heavy atom. The molecule has 1 saturated heterocycles. The molecule has 1 aromatic rings. The second-order valence-corrected chi connectivity index (χ2v) is 5.51. The average Bonchev–Trinajstić information content (AvgIpc) is 2.26. The average molecular weight is 274 g/mol. The zero-order valence-electron chi connectivity index (χ0n) is 10.5. The van der Waals surface area contributed by atoms with E-state index in [0.29, 0.717) is 30.5 Å². The Labute approximate surface area is 111 Å². The van der Waals surface area contributed by atoms with E-state index in [1.54, 1.807) is 0 Å². The quantitative estimate of drug-likeness (QED) is 0.893. The van der Waals surface area contributed by atoms with E-state index in [9.17, 15) is 4.39 Å². The zero-order chi connectivity index (χ0) is 13.3. The topological polar surface area (TPSA) is 51.4 Å². The van der Waals surface area contributed by atoms with E-state index in [4.69, 9.17) is 22.1 Å². The summed E-state index contributed by atoms with van der Waals surface area (Å²) in [5.74, 6) is -0.120. The molecule has 0 bridgehead atoms. The summed E-state index contributed by atoms with van der Waals surface area (Å²) in [5.41, 5.74) is 5.26. The van der Waals surface area contributed by atoms with Crippen molar-refractivity contribution in [3.8, 4) is 0 Å². The fourth-order valence-electron chi connectivity index (χ4n) is 2.22. The standard InChI is InChI=1S/C12H17ClFN3O/c1-12(2)7-17(6-9(4-15)18-12)11-10(14)3-8(13)5-16-11/h3,5,9H,4,6-7,15H2,1-2H3. The highest BCUT2D eigenvalue weighted by Crippen LogP contribution is 2.27. The molecule has 2 heterocycles. The Morgan fingerprint density at radius 2 is 2.39 bits per heavy atom. The number of nitrogens with zero attached hydrogens (tertiary/aromatic N) is 2. The van der Waals surface area contributed by atoms with Crippen molar-refractivity contribution in [2.24, 2.45) is 5.73 Å². The molecule has 1 aliphatic heterocycles. The first-order valence-corrected chi connectivity index (χ1v) is 6.23. The molecular weight excluding hydrogens is 257 g/mol. The van der Waals surface area contributed by atoms with Crippen LogP contribution in [0.5, 0.6) is 0 Å². The summed E-state index contributed by atoms with van der Waals surface area (Å²) in [6.45, 7) is 5.40. The Balaban J connectivity index is 2.26. The maximum absolute atomic E-state index is 13.9. The van der Waals surface area contributed by atoms with E-state index >= 15 is 0 Å². The maximum Gasteiger partial charge on any atom is 0.167 e. The lowest BCUT2D eigenvalue weighted by atomic mass is 10.1. The van der Waals surface area contributed by atoms with Gasteiger partial charge in [-0.25, -0.2) is 9.37 Å². The van der Waals surface area contributed by atoms with Crippen LogP contribution in [0, 0.1) is 5.82 Å². The molecule has 0 amide bonds. The molecule has 6 heteroatoms. The third kappa shape index (κ3) is 2.91. The number of hydrogen-bond donors (Lipinski definition) is 1. The summed E-state index contributed by atoms with van der Waals surface area (Å²) in [6.07, 6.45) is 1.32. The van der Waals surface area contributed by atoms with E-state index in [0.717, 1.165) is 0 Å². The summed E-state index contributed by atoms with van der Waals surface area (Å²) < 4.78 is 19.7. The number of nitrogens with two attached hydrogens (primary N) is 1. The first kappa shape index (κ1) is 13.5. The van der Waals surface area contributed by atoms with Gasteiger partial charge < -0.3 is 15.4 Å². The van der Waals surface area contributed by atoms with Gasteiger partial charge in [0.05, 0.1) is 16.7 Å². The molecule has 1 aliphatic rings. The van der Waals surface area contributed by atoms with Crippen molar-refractivity contribution in [1.82, 2.24) is 4.98 Å². The third-order valence-corrected chi connectivity index (χ3v) is 3.04. The minimum absolute atomic E-state index is 0.120. The largest absolute Gasteiger partial charge is 0.367 e. The second-order valence-electron chi connectivity index (χ2n) is 5.07. The van der Waals surface area contributed by atoms with Crippen LogP contribution < -0.4 is 10.6 Å². The van der Waals surface area contributed by atoms with E-state index in [-0.39, 0.29) is 11.7 Å². The second kappa shape index (κ2) is 4.99. The minimum Gasteiger partial charge on any atom is -0.367 e. The van der Waals surface area contributed by atoms with Gasteiger partial charge in [0.2, 0.25) is 0 Å². The fraction of sp³-hybridized carbons (Fsp3) is 0.583. The minimum atomic E-state index is -0.420. The maximum atomic E-state index is 13.9. The molecule has 0 aliphatic carbocycles. The molecule has 100 valence electrons. The lowest BCUT2D eigenvalue weighted by Gasteiger charge is -2.43. The molecule has 18 heavy (non-hydrogen) atoms. The Hall–Kier alpha value is -0.910. The highest BCUT2D eigenvalue weighted by Gasteiger charge is 2.34. The van der Waals surface area contributed by atoms with E-state index in [2.05, 4.69) is 4.98 Å². The zero-order valence-corrected chi connectivity index (χ0v) is 11.2. The van der Waals surface area contributed by atoms with Gasteiger partial charge in [-0.2, -0.15) is 0 Å². The lowest BCUT2D eigenvalue weighted by Crippen LogP contribution is -2.55. The molecule has 1 fully saturated rings. The van der Waals surface area contributed by atoms with Gasteiger partial charge in [0.1, 0.15) is 0 Å². The highest BCUT2D eigenvalue weighted by molar-refractivity contribution is 6.30. The van der Waals surface area contributed by atoms with Crippen molar-refractivity contribution in [2.45, 2.75) is 25.6 Å². The summed E-state index contributed by atoms with van der Waals surface area (Å²) in [7, 11) is 0. The van der Waals surface area contributed by atoms with Gasteiger partial charge in [-0.15, -0.1) is 0 Å². The van der Waals surface area contributed by atoms with Crippen LogP contribution in [0.25, 0.3) is 0 Å². The SMILES string of the molecule is CC1(C)CN(c2ncc(Cl)cc2F)CC(CN)O1. The molecule has 1 aromatic heterocycles. The Kier molecular flexibility index (Phi) is 3.75. The molecule has 2 N–H and O–H groups in total. The number of anilines is 1. The number of morpholine rings is 1. The van der Waals surface area contributed by atoms with Gasteiger partial charge >= 0.3 is 0 Å². The van der Waals surface area contributed by atoms with Gasteiger partial charge in [-0.3, -0.25) is 0 Å². The highest BCUT2D eigenvalue weighted by atomic mass is 35.5. The number of ether oxygens (including phenoxy) is 1. The molecule has 0 aromatic carbocycles. The first-order chi connectivity index (χ1) is 8.41. The number of aromatic nitrogens is 1. The van der Waals surface area contributed by atoms with Crippen LogP contribution in [0.4, 0.5) is 10.2 Å². The normalized spacial score (nSPS) is 23.2. The summed E-state index contributed by atoms with van der Waals surface area (Å²) in [6, 6.07) is 1.27. The van der Waals surface area contributed by atoms with Gasteiger partial charge in [0.25, 0.3) is 0 Å². The van der Waals surface area contributed by atoms with Crippen molar-refractivity contribution < 1.29 is 9.13 Å². The summed E-state index contributed by atoms with van der Waals surface area (Å²) in [5, 5.41) is 0.291. The van der Waals surface area contributed by atoms with Crippen molar-refractivity contribution in [3.63, 3.8) is 0 Å². The Morgan fingerprint density at radius 3 is 3.00 bits per heavy atom. The van der Waals surface area contributed by atoms with Crippen LogP contribution in [0.3, 0.4) is 0 Å². The predicted molar refractivity (Wildman–Crippen MR) is 69.4 cm³/mol. The molecular formula is C12H17ClFN3O. The molecule has 1 atom stereocenters. The van der Waals surface area contributed by atoms with E-state index in [1.165, 1.54) is 12.3 Å². The lowest BCUT2D eigenvalue weighted by molar-refractivity contribution is -0.0791. The van der Waals surface area contributed by atoms with Gasteiger partial charge in [-0.1, -0.05) is 11.6 Å². The predicted octanol–water partition coefficient (Wildman–Crippen LogP) is 1.82. The Bertz CT molecular complexity index is 441. The fourth-order valence-corrected chi connectivity index (χ4v) is 2.36. The van der Waals surface area contributed by atoms with E-state index in [1.807, 2.05) is 18.7 Å². The van der Waals surface area contributed by atoms with Crippen LogP contribution >= 0.6 is 11.6 Å². The molecule has 0 saturated carbocycles. The van der Waals surface area contributed by atoms with Crippen molar-refractivity contribution >= 4 is 17.4 Å². The smallest absolute Gasteiger partial charge is 0.167 e. The number of halogens is 2. The number of pyridine rings is 1. The monoisotopic (exact) mass is 273 g/mol. The molecule has 2 rings (SSSR count). The first-order valence-electron chi connectivity index (χ1n) is 5.85. The summed E-state index contributed by atoms with van der Waals surface area (Å²) >= 11 is 5.70. The number of hydrogen-bond acceptors (Lipinski definition) is 4. The van der Waals surface area contributed by atoms with Crippen LogP contribution in [-0.2, 0) is 4.74 Å². The van der Waals surface area contributed by atoms with Crippen molar-refractivity contribution in [3.05, 3.63) is 23.1 Å². The van der Waals surface area contributed by atoms with Crippen LogP contribution in [-0.4, -0.2) is 36.3 Å².